The fourth-order valence-electron chi connectivity index (χ4n) is 1.65. The molecule has 0 spiro atoms. The maximum atomic E-state index is 13.5. The predicted molar refractivity (Wildman–Crippen MR) is 75.2 cm³/mol. The second-order valence-corrected chi connectivity index (χ2v) is 5.49. The summed E-state index contributed by atoms with van der Waals surface area (Å²) < 4.78 is 18.4. The first-order chi connectivity index (χ1) is 8.56. The highest BCUT2D eigenvalue weighted by Crippen LogP contribution is 2.31. The van der Waals surface area contributed by atoms with E-state index in [9.17, 15) is 4.39 Å². The van der Waals surface area contributed by atoms with Gasteiger partial charge in [-0.3, -0.25) is 4.99 Å². The number of aliphatic imine (C=N–C) groups is 1. The van der Waals surface area contributed by atoms with E-state index < -0.39 is 0 Å². The molecule has 2 rings (SSSR count). The third-order valence-electron chi connectivity index (χ3n) is 3.06. The van der Waals surface area contributed by atoms with Crippen molar-refractivity contribution in [3.8, 4) is 5.75 Å². The molecule has 1 N–H and O–H groups in total. The van der Waals surface area contributed by atoms with Crippen LogP contribution in [0.25, 0.3) is 0 Å². The summed E-state index contributed by atoms with van der Waals surface area (Å²) >= 11 is 1.67. The molecule has 0 saturated heterocycles. The summed E-state index contributed by atoms with van der Waals surface area (Å²) in [6.07, 6.45) is 1.00. The second-order valence-electron chi connectivity index (χ2n) is 4.53. The Bertz CT molecular complexity index is 478. The van der Waals surface area contributed by atoms with Gasteiger partial charge < -0.3 is 10.1 Å². The summed E-state index contributed by atoms with van der Waals surface area (Å²) in [5.41, 5.74) is 0.692. The van der Waals surface area contributed by atoms with Gasteiger partial charge in [0.15, 0.2) is 16.7 Å². The van der Waals surface area contributed by atoms with Crippen molar-refractivity contribution in [1.82, 2.24) is 0 Å². The first-order valence-electron chi connectivity index (χ1n) is 5.89. The van der Waals surface area contributed by atoms with Crippen LogP contribution in [0.4, 0.5) is 10.1 Å². The van der Waals surface area contributed by atoms with Crippen LogP contribution in [0, 0.1) is 5.82 Å². The zero-order chi connectivity index (χ0) is 13.2. The normalized spacial score (nSPS) is 22.8. The Morgan fingerprint density at radius 1 is 1.56 bits per heavy atom. The Morgan fingerprint density at radius 2 is 2.33 bits per heavy atom. The summed E-state index contributed by atoms with van der Waals surface area (Å²) in [7, 11) is 1.45. The van der Waals surface area contributed by atoms with E-state index in [4.69, 9.17) is 4.74 Å². The average Bonchev–Trinajstić information content (AvgIpc) is 2.72. The number of halogens is 1. The van der Waals surface area contributed by atoms with Crippen LogP contribution in [0.2, 0.25) is 0 Å². The van der Waals surface area contributed by atoms with E-state index in [1.54, 1.807) is 23.9 Å². The number of ether oxygens (including phenoxy) is 1. The summed E-state index contributed by atoms with van der Waals surface area (Å²) in [5.74, 6) is 0.842. The minimum atomic E-state index is -0.371. The average molecular weight is 268 g/mol. The molecule has 1 unspecified atom stereocenters. The molecule has 0 fully saturated rings. The lowest BCUT2D eigenvalue weighted by atomic mass is 10.0. The van der Waals surface area contributed by atoms with E-state index >= 15 is 0 Å². The first kappa shape index (κ1) is 13.2. The molecule has 1 heterocycles. The van der Waals surface area contributed by atoms with Crippen molar-refractivity contribution in [1.29, 1.82) is 0 Å². The summed E-state index contributed by atoms with van der Waals surface area (Å²) in [5, 5.41) is 3.99. The molecule has 0 aliphatic carbocycles. The SMILES string of the molecule is CCC1(C)CSC(Nc2ccc(OC)c(F)c2)=N1. The molecule has 18 heavy (non-hydrogen) atoms. The topological polar surface area (TPSA) is 33.6 Å². The highest BCUT2D eigenvalue weighted by molar-refractivity contribution is 8.14. The molecule has 0 aromatic heterocycles. The Balaban J connectivity index is 2.11. The summed E-state index contributed by atoms with van der Waals surface area (Å²) in [6.45, 7) is 4.25. The highest BCUT2D eigenvalue weighted by Gasteiger charge is 2.28. The van der Waals surface area contributed by atoms with Gasteiger partial charge in [-0.15, -0.1) is 0 Å². The Kier molecular flexibility index (Phi) is 3.80. The van der Waals surface area contributed by atoms with Gasteiger partial charge in [0.2, 0.25) is 0 Å². The lowest BCUT2D eigenvalue weighted by Crippen LogP contribution is -2.20. The summed E-state index contributed by atoms with van der Waals surface area (Å²) in [4.78, 5) is 4.62. The molecule has 1 aromatic rings. The molecule has 1 aliphatic heterocycles. The highest BCUT2D eigenvalue weighted by atomic mass is 32.2. The van der Waals surface area contributed by atoms with Crippen LogP contribution in [-0.4, -0.2) is 23.6 Å². The lowest BCUT2D eigenvalue weighted by Gasteiger charge is -2.15. The largest absolute Gasteiger partial charge is 0.494 e. The van der Waals surface area contributed by atoms with Crippen molar-refractivity contribution in [2.75, 3.05) is 18.2 Å². The fraction of sp³-hybridized carbons (Fsp3) is 0.462. The van der Waals surface area contributed by atoms with E-state index in [0.717, 1.165) is 17.3 Å². The zero-order valence-corrected chi connectivity index (χ0v) is 11.6. The van der Waals surface area contributed by atoms with Crippen LogP contribution >= 0.6 is 11.8 Å². The number of hydrogen-bond donors (Lipinski definition) is 1. The van der Waals surface area contributed by atoms with Crippen molar-refractivity contribution < 1.29 is 9.13 Å². The standard InChI is InChI=1S/C13H17FN2OS/c1-4-13(2)8-18-12(16-13)15-9-5-6-11(17-3)10(14)7-9/h5-7H,4,8H2,1-3H3,(H,15,16). The van der Waals surface area contributed by atoms with Crippen molar-refractivity contribution >= 4 is 22.6 Å². The van der Waals surface area contributed by atoms with Crippen LogP contribution < -0.4 is 10.1 Å². The van der Waals surface area contributed by atoms with Gasteiger partial charge >= 0.3 is 0 Å². The number of anilines is 1. The van der Waals surface area contributed by atoms with Crippen molar-refractivity contribution in [3.05, 3.63) is 24.0 Å². The number of nitrogens with one attached hydrogen (secondary N) is 1. The molecule has 3 nitrogen and oxygen atoms in total. The van der Waals surface area contributed by atoms with Gasteiger partial charge in [-0.2, -0.15) is 0 Å². The Morgan fingerprint density at radius 3 is 2.89 bits per heavy atom. The van der Waals surface area contributed by atoms with E-state index in [2.05, 4.69) is 24.2 Å². The third kappa shape index (κ3) is 2.77. The number of benzene rings is 1. The predicted octanol–water partition coefficient (Wildman–Crippen LogP) is 3.52. The molecule has 5 heteroatoms. The Labute approximate surface area is 111 Å². The van der Waals surface area contributed by atoms with Crippen LogP contribution in [0.1, 0.15) is 20.3 Å². The second kappa shape index (κ2) is 5.18. The van der Waals surface area contributed by atoms with Crippen LogP contribution in [-0.2, 0) is 0 Å². The monoisotopic (exact) mass is 268 g/mol. The molecule has 1 aliphatic rings. The molecule has 0 radical (unpaired) electrons. The van der Waals surface area contributed by atoms with Gasteiger partial charge in [0.1, 0.15) is 0 Å². The van der Waals surface area contributed by atoms with Crippen LogP contribution in [0.15, 0.2) is 23.2 Å². The zero-order valence-electron chi connectivity index (χ0n) is 10.8. The molecule has 0 bridgehead atoms. The molecule has 1 atom stereocenters. The fourth-order valence-corrected chi connectivity index (χ4v) is 2.84. The van der Waals surface area contributed by atoms with Crippen molar-refractivity contribution in [2.45, 2.75) is 25.8 Å². The van der Waals surface area contributed by atoms with Gasteiger partial charge in [0.25, 0.3) is 0 Å². The molecule has 0 saturated carbocycles. The number of hydrogen-bond acceptors (Lipinski definition) is 4. The molecular weight excluding hydrogens is 251 g/mol. The van der Waals surface area contributed by atoms with Gasteiger partial charge in [0, 0.05) is 17.5 Å². The minimum absolute atomic E-state index is 0.00197. The smallest absolute Gasteiger partial charge is 0.167 e. The summed E-state index contributed by atoms with van der Waals surface area (Å²) in [6, 6.07) is 4.81. The quantitative estimate of drug-likeness (QED) is 0.910. The van der Waals surface area contributed by atoms with Gasteiger partial charge in [0.05, 0.1) is 12.6 Å². The van der Waals surface area contributed by atoms with Crippen LogP contribution in [0.5, 0.6) is 5.75 Å². The van der Waals surface area contributed by atoms with Crippen LogP contribution in [0.3, 0.4) is 0 Å². The van der Waals surface area contributed by atoms with E-state index in [1.807, 2.05) is 0 Å². The molecule has 98 valence electrons. The Hall–Kier alpha value is -1.23. The van der Waals surface area contributed by atoms with Gasteiger partial charge in [-0.1, -0.05) is 18.7 Å². The molecule has 1 aromatic carbocycles. The first-order valence-corrected chi connectivity index (χ1v) is 6.88. The third-order valence-corrected chi connectivity index (χ3v) is 4.29. The molecule has 0 amide bonds. The number of methoxy groups -OCH3 is 1. The van der Waals surface area contributed by atoms with Gasteiger partial charge in [-0.25, -0.2) is 4.39 Å². The number of rotatable bonds is 3. The van der Waals surface area contributed by atoms with Gasteiger partial charge in [-0.05, 0) is 25.5 Å². The maximum absolute atomic E-state index is 13.5. The number of thioether (sulfide) groups is 1. The number of amidine groups is 1. The van der Waals surface area contributed by atoms with Crippen molar-refractivity contribution in [3.63, 3.8) is 0 Å². The van der Waals surface area contributed by atoms with E-state index in [0.29, 0.717) is 5.69 Å². The van der Waals surface area contributed by atoms with E-state index in [-0.39, 0.29) is 17.1 Å². The van der Waals surface area contributed by atoms with E-state index in [1.165, 1.54) is 13.2 Å². The molecular formula is C13H17FN2OS. The lowest BCUT2D eigenvalue weighted by molar-refractivity contribution is 0.387. The van der Waals surface area contributed by atoms with Crippen molar-refractivity contribution in [2.24, 2.45) is 4.99 Å². The minimum Gasteiger partial charge on any atom is -0.494 e. The number of nitrogens with zero attached hydrogens (tertiary/aromatic N) is 1. The maximum Gasteiger partial charge on any atom is 0.167 e.